The number of H-pyrrole nitrogens is 1. The maximum Gasteiger partial charge on any atom is 0.261 e. The predicted molar refractivity (Wildman–Crippen MR) is 63.6 cm³/mol. The van der Waals surface area contributed by atoms with Crippen LogP contribution in [0.2, 0.25) is 0 Å². The number of hydrogen-bond donors (Lipinski definition) is 2. The van der Waals surface area contributed by atoms with Crippen molar-refractivity contribution >= 4 is 10.0 Å². The summed E-state index contributed by atoms with van der Waals surface area (Å²) < 4.78 is 26.0. The van der Waals surface area contributed by atoms with E-state index in [0.29, 0.717) is 12.4 Å². The lowest BCUT2D eigenvalue weighted by Gasteiger charge is -2.35. The van der Waals surface area contributed by atoms with E-state index in [1.807, 2.05) is 6.92 Å². The van der Waals surface area contributed by atoms with Gasteiger partial charge in [0.25, 0.3) is 10.0 Å². The molecular weight excluding hydrogens is 240 g/mol. The quantitative estimate of drug-likeness (QED) is 0.804. The van der Waals surface area contributed by atoms with Crippen LogP contribution in [0.5, 0.6) is 0 Å². The van der Waals surface area contributed by atoms with Gasteiger partial charge in [0.15, 0.2) is 5.03 Å². The summed E-state index contributed by atoms with van der Waals surface area (Å²) >= 11 is 0. The number of sulfonamides is 1. The van der Waals surface area contributed by atoms with Crippen molar-refractivity contribution in [2.24, 2.45) is 11.7 Å². The second-order valence-electron chi connectivity index (χ2n) is 4.56. The lowest BCUT2D eigenvalue weighted by molar-refractivity contribution is 0.192. The summed E-state index contributed by atoms with van der Waals surface area (Å²) in [7, 11) is -3.53. The molecule has 0 radical (unpaired) electrons. The average molecular weight is 258 g/mol. The van der Waals surface area contributed by atoms with Gasteiger partial charge in [-0.1, -0.05) is 6.92 Å². The summed E-state index contributed by atoms with van der Waals surface area (Å²) in [5.74, 6) is 0.768. The van der Waals surface area contributed by atoms with Gasteiger partial charge in [-0.05, 0) is 25.7 Å². The number of aromatic nitrogens is 2. The molecular formula is C10H18N4O2S. The van der Waals surface area contributed by atoms with Crippen LogP contribution in [-0.2, 0) is 10.0 Å². The highest BCUT2D eigenvalue weighted by atomic mass is 32.2. The number of piperidine rings is 1. The van der Waals surface area contributed by atoms with Crippen molar-refractivity contribution in [2.75, 3.05) is 6.54 Å². The Morgan fingerprint density at radius 3 is 2.88 bits per heavy atom. The number of nitrogens with two attached hydrogens (primary N) is 1. The molecule has 1 fully saturated rings. The first kappa shape index (κ1) is 12.5. The molecule has 0 spiro atoms. The molecule has 2 heterocycles. The van der Waals surface area contributed by atoms with Crippen LogP contribution in [0.1, 0.15) is 25.6 Å². The first-order valence-corrected chi connectivity index (χ1v) is 7.16. The molecule has 96 valence electrons. The normalized spacial score (nSPS) is 27.2. The van der Waals surface area contributed by atoms with Crippen LogP contribution in [0.15, 0.2) is 11.2 Å². The van der Waals surface area contributed by atoms with Crippen LogP contribution in [-0.4, -0.2) is 35.4 Å². The molecule has 1 aliphatic rings. The van der Waals surface area contributed by atoms with E-state index in [1.54, 1.807) is 6.92 Å². The third kappa shape index (κ3) is 2.22. The topological polar surface area (TPSA) is 92.1 Å². The van der Waals surface area contributed by atoms with Crippen molar-refractivity contribution in [2.45, 2.75) is 37.9 Å². The van der Waals surface area contributed by atoms with E-state index < -0.39 is 16.2 Å². The second kappa shape index (κ2) is 4.40. The average Bonchev–Trinajstić information content (AvgIpc) is 2.69. The zero-order valence-corrected chi connectivity index (χ0v) is 10.9. The van der Waals surface area contributed by atoms with Gasteiger partial charge in [-0.15, -0.1) is 0 Å². The smallest absolute Gasteiger partial charge is 0.261 e. The van der Waals surface area contributed by atoms with Crippen LogP contribution < -0.4 is 5.73 Å². The van der Waals surface area contributed by atoms with Crippen molar-refractivity contribution in [3.05, 3.63) is 12.0 Å². The van der Waals surface area contributed by atoms with Gasteiger partial charge < -0.3 is 10.7 Å². The van der Waals surface area contributed by atoms with E-state index in [4.69, 9.17) is 5.73 Å². The molecule has 0 amide bonds. The number of hydrogen-bond acceptors (Lipinski definition) is 4. The van der Waals surface area contributed by atoms with Crippen molar-refractivity contribution in [1.29, 1.82) is 0 Å². The van der Waals surface area contributed by atoms with E-state index in [9.17, 15) is 8.42 Å². The molecule has 2 atom stereocenters. The SMILES string of the molecule is Cc1ncc(S(=O)(=O)N2CCCC(C)C2N)[nH]1. The van der Waals surface area contributed by atoms with E-state index >= 15 is 0 Å². The van der Waals surface area contributed by atoms with Gasteiger partial charge in [0.05, 0.1) is 12.4 Å². The number of nitrogens with zero attached hydrogens (tertiary/aromatic N) is 2. The van der Waals surface area contributed by atoms with E-state index in [1.165, 1.54) is 10.5 Å². The van der Waals surface area contributed by atoms with Crippen LogP contribution in [0.25, 0.3) is 0 Å². The highest BCUT2D eigenvalue weighted by molar-refractivity contribution is 7.89. The van der Waals surface area contributed by atoms with Gasteiger partial charge in [0, 0.05) is 6.54 Å². The molecule has 17 heavy (non-hydrogen) atoms. The summed E-state index contributed by atoms with van der Waals surface area (Å²) in [6.07, 6.45) is 2.71. The van der Waals surface area contributed by atoms with E-state index in [-0.39, 0.29) is 10.9 Å². The minimum Gasteiger partial charge on any atom is -0.332 e. The monoisotopic (exact) mass is 258 g/mol. The minimum absolute atomic E-state index is 0.125. The van der Waals surface area contributed by atoms with Gasteiger partial charge in [0.1, 0.15) is 5.82 Å². The summed E-state index contributed by atoms with van der Waals surface area (Å²) in [4.78, 5) is 6.67. The van der Waals surface area contributed by atoms with Crippen molar-refractivity contribution < 1.29 is 8.42 Å². The molecule has 1 aromatic rings. The Balaban J connectivity index is 2.32. The maximum atomic E-state index is 12.3. The molecule has 0 aromatic carbocycles. The fourth-order valence-corrected chi connectivity index (χ4v) is 3.72. The Morgan fingerprint density at radius 1 is 1.59 bits per heavy atom. The Kier molecular flexibility index (Phi) is 3.24. The maximum absolute atomic E-state index is 12.3. The Hall–Kier alpha value is -0.920. The zero-order chi connectivity index (χ0) is 12.6. The fraction of sp³-hybridized carbons (Fsp3) is 0.700. The van der Waals surface area contributed by atoms with Crippen molar-refractivity contribution in [1.82, 2.24) is 14.3 Å². The Labute approximate surface area is 101 Å². The van der Waals surface area contributed by atoms with Gasteiger partial charge in [-0.25, -0.2) is 13.4 Å². The summed E-state index contributed by atoms with van der Waals surface area (Å²) in [6.45, 7) is 4.17. The van der Waals surface area contributed by atoms with Gasteiger partial charge in [-0.3, -0.25) is 0 Å². The molecule has 6 nitrogen and oxygen atoms in total. The number of aryl methyl sites for hydroxylation is 1. The predicted octanol–water partition coefficient (Wildman–Crippen LogP) is 0.424. The van der Waals surface area contributed by atoms with Gasteiger partial charge in [0.2, 0.25) is 0 Å². The standard InChI is InChI=1S/C10H18N4O2S/c1-7-4-3-5-14(10(7)11)17(15,16)9-6-12-8(2)13-9/h6-7,10H,3-5,11H2,1-2H3,(H,12,13). The highest BCUT2D eigenvalue weighted by Crippen LogP contribution is 2.25. The molecule has 0 aliphatic carbocycles. The summed E-state index contributed by atoms with van der Waals surface area (Å²) in [5.41, 5.74) is 5.97. The molecule has 0 saturated carbocycles. The van der Waals surface area contributed by atoms with Gasteiger partial charge in [-0.2, -0.15) is 4.31 Å². The first-order valence-electron chi connectivity index (χ1n) is 5.72. The Morgan fingerprint density at radius 2 is 2.29 bits per heavy atom. The number of imidazole rings is 1. The third-order valence-corrected chi connectivity index (χ3v) is 5.03. The Bertz CT molecular complexity index is 496. The van der Waals surface area contributed by atoms with Crippen LogP contribution in [0.3, 0.4) is 0 Å². The van der Waals surface area contributed by atoms with E-state index in [2.05, 4.69) is 9.97 Å². The molecule has 2 rings (SSSR count). The number of rotatable bonds is 2. The van der Waals surface area contributed by atoms with Crippen LogP contribution in [0.4, 0.5) is 0 Å². The molecule has 0 bridgehead atoms. The highest BCUT2D eigenvalue weighted by Gasteiger charge is 2.35. The second-order valence-corrected chi connectivity index (χ2v) is 6.42. The molecule has 3 N–H and O–H groups in total. The molecule has 2 unspecified atom stereocenters. The minimum atomic E-state index is -3.53. The zero-order valence-electron chi connectivity index (χ0n) is 10.0. The molecule has 1 saturated heterocycles. The molecule has 1 aromatic heterocycles. The number of aromatic amines is 1. The largest absolute Gasteiger partial charge is 0.332 e. The third-order valence-electron chi connectivity index (χ3n) is 3.22. The van der Waals surface area contributed by atoms with E-state index in [0.717, 1.165) is 12.8 Å². The van der Waals surface area contributed by atoms with Crippen LogP contribution >= 0.6 is 0 Å². The summed E-state index contributed by atoms with van der Waals surface area (Å²) in [6, 6.07) is 0. The number of nitrogens with one attached hydrogen (secondary N) is 1. The fourth-order valence-electron chi connectivity index (χ4n) is 2.11. The molecule has 7 heteroatoms. The lowest BCUT2D eigenvalue weighted by Crippen LogP contribution is -2.52. The van der Waals surface area contributed by atoms with Crippen molar-refractivity contribution in [3.8, 4) is 0 Å². The summed E-state index contributed by atoms with van der Waals surface area (Å²) in [5, 5.41) is 0.125. The van der Waals surface area contributed by atoms with Crippen molar-refractivity contribution in [3.63, 3.8) is 0 Å². The van der Waals surface area contributed by atoms with Crippen LogP contribution in [0, 0.1) is 12.8 Å². The molecule has 1 aliphatic heterocycles. The lowest BCUT2D eigenvalue weighted by atomic mass is 9.99. The first-order chi connectivity index (χ1) is 7.93. The van der Waals surface area contributed by atoms with Gasteiger partial charge >= 0.3 is 0 Å².